The topological polar surface area (TPSA) is 77.1 Å². The fourth-order valence-corrected chi connectivity index (χ4v) is 5.13. The lowest BCUT2D eigenvalue weighted by molar-refractivity contribution is -0.120. The number of hydrogen-bond donors (Lipinski definition) is 1. The Labute approximate surface area is 181 Å². The number of hydrogen-bond acceptors (Lipinski definition) is 6. The second-order valence-corrected chi connectivity index (χ2v) is 8.86. The van der Waals surface area contributed by atoms with Crippen molar-refractivity contribution in [3.05, 3.63) is 70.2 Å². The number of carbonyl (C=O) groups is 1. The van der Waals surface area contributed by atoms with Crippen LogP contribution in [0.2, 0.25) is 0 Å². The van der Waals surface area contributed by atoms with Crippen molar-refractivity contribution in [3.8, 4) is 11.1 Å². The van der Waals surface area contributed by atoms with Crippen LogP contribution in [0.15, 0.2) is 68.5 Å². The van der Waals surface area contributed by atoms with Gasteiger partial charge in [0, 0.05) is 17.5 Å². The number of carbonyl (C=O) groups excluding carboxylic acids is 1. The zero-order chi connectivity index (χ0) is 21.1. The molecule has 154 valence electrons. The molecule has 8 heteroatoms. The number of rotatable bonds is 7. The maximum atomic E-state index is 13.3. The van der Waals surface area contributed by atoms with Gasteiger partial charge >= 0.3 is 0 Å². The number of benzene rings is 1. The highest BCUT2D eigenvalue weighted by atomic mass is 32.2. The molecule has 1 aromatic carbocycles. The Morgan fingerprint density at radius 1 is 1.27 bits per heavy atom. The van der Waals surface area contributed by atoms with Crippen LogP contribution in [0.4, 0.5) is 0 Å². The van der Waals surface area contributed by atoms with E-state index in [4.69, 9.17) is 9.40 Å². The summed E-state index contributed by atoms with van der Waals surface area (Å²) in [6.07, 6.45) is 1.57. The van der Waals surface area contributed by atoms with Gasteiger partial charge in [0.2, 0.25) is 5.91 Å². The fourth-order valence-electron chi connectivity index (χ4n) is 3.15. The summed E-state index contributed by atoms with van der Waals surface area (Å²) in [7, 11) is 0. The molecule has 0 bridgehead atoms. The number of furan rings is 1. The van der Waals surface area contributed by atoms with Gasteiger partial charge in [-0.1, -0.05) is 42.1 Å². The van der Waals surface area contributed by atoms with Gasteiger partial charge in [0.25, 0.3) is 5.56 Å². The molecule has 6 nitrogen and oxygen atoms in total. The monoisotopic (exact) mass is 439 g/mol. The highest BCUT2D eigenvalue weighted by molar-refractivity contribution is 8.00. The number of aromatic nitrogens is 2. The van der Waals surface area contributed by atoms with Crippen molar-refractivity contribution in [2.45, 2.75) is 37.3 Å². The van der Waals surface area contributed by atoms with Gasteiger partial charge in [-0.15, -0.1) is 11.3 Å². The first-order valence-electron chi connectivity index (χ1n) is 9.62. The molecule has 0 aliphatic heterocycles. The third-order valence-electron chi connectivity index (χ3n) is 4.73. The Hall–Kier alpha value is -2.84. The van der Waals surface area contributed by atoms with E-state index in [2.05, 4.69) is 5.32 Å². The molecule has 3 aromatic heterocycles. The maximum absolute atomic E-state index is 13.3. The first-order chi connectivity index (χ1) is 14.6. The zero-order valence-electron chi connectivity index (χ0n) is 16.6. The molecule has 0 radical (unpaired) electrons. The van der Waals surface area contributed by atoms with Crippen molar-refractivity contribution in [2.75, 3.05) is 0 Å². The van der Waals surface area contributed by atoms with E-state index in [0.717, 1.165) is 11.1 Å². The molecular weight excluding hydrogens is 418 g/mol. The normalized spacial score (nSPS) is 12.2. The number of thiophene rings is 1. The largest absolute Gasteiger partial charge is 0.467 e. The van der Waals surface area contributed by atoms with Gasteiger partial charge in [0.15, 0.2) is 5.16 Å². The fraction of sp³-hybridized carbons (Fsp3) is 0.227. The van der Waals surface area contributed by atoms with Crippen LogP contribution in [0, 0.1) is 0 Å². The van der Waals surface area contributed by atoms with Crippen molar-refractivity contribution in [1.82, 2.24) is 14.9 Å². The molecule has 3 heterocycles. The molecule has 0 fully saturated rings. The summed E-state index contributed by atoms with van der Waals surface area (Å²) >= 11 is 2.74. The second kappa shape index (κ2) is 8.89. The van der Waals surface area contributed by atoms with Crippen LogP contribution in [0.5, 0.6) is 0 Å². The first-order valence-corrected chi connectivity index (χ1v) is 11.4. The quantitative estimate of drug-likeness (QED) is 0.338. The molecule has 0 aliphatic rings. The third kappa shape index (κ3) is 4.06. The van der Waals surface area contributed by atoms with E-state index in [1.165, 1.54) is 23.1 Å². The second-order valence-electron chi connectivity index (χ2n) is 6.70. The molecule has 4 aromatic rings. The predicted molar refractivity (Wildman–Crippen MR) is 121 cm³/mol. The van der Waals surface area contributed by atoms with E-state index in [1.807, 2.05) is 55.6 Å². The van der Waals surface area contributed by atoms with Gasteiger partial charge < -0.3 is 9.73 Å². The minimum absolute atomic E-state index is 0.0757. The lowest BCUT2D eigenvalue weighted by atomic mass is 10.1. The van der Waals surface area contributed by atoms with Gasteiger partial charge in [-0.3, -0.25) is 14.2 Å². The van der Waals surface area contributed by atoms with Crippen LogP contribution in [-0.4, -0.2) is 20.7 Å². The van der Waals surface area contributed by atoms with Gasteiger partial charge in [0.1, 0.15) is 10.6 Å². The Kier molecular flexibility index (Phi) is 6.06. The summed E-state index contributed by atoms with van der Waals surface area (Å²) in [5.41, 5.74) is 1.82. The number of thioether (sulfide) groups is 1. The molecule has 0 saturated carbocycles. The molecule has 1 N–H and O–H groups in total. The van der Waals surface area contributed by atoms with Crippen LogP contribution in [0.25, 0.3) is 21.3 Å². The van der Waals surface area contributed by atoms with Crippen LogP contribution in [-0.2, 0) is 17.9 Å². The van der Waals surface area contributed by atoms with Crippen molar-refractivity contribution < 1.29 is 9.21 Å². The summed E-state index contributed by atoms with van der Waals surface area (Å²) in [5.74, 6) is 0.558. The standard InChI is InChI=1S/C22H21N3O3S2/c1-3-25-21(27)18-17(15-8-5-4-6-9-15)13-29-20(18)24-22(25)30-14(2)19(26)23-12-16-10-7-11-28-16/h4-11,13-14H,3,12H2,1-2H3,(H,23,26)/t14-/m1/s1. The van der Waals surface area contributed by atoms with Crippen LogP contribution < -0.4 is 10.9 Å². The average Bonchev–Trinajstić information content (AvgIpc) is 3.43. The molecule has 0 saturated heterocycles. The predicted octanol–water partition coefficient (Wildman–Crippen LogP) is 4.53. The van der Waals surface area contributed by atoms with Gasteiger partial charge in [-0.05, 0) is 31.5 Å². The summed E-state index contributed by atoms with van der Waals surface area (Å²) in [6, 6.07) is 13.4. The Balaban J connectivity index is 1.61. The number of nitrogens with zero attached hydrogens (tertiary/aromatic N) is 2. The maximum Gasteiger partial charge on any atom is 0.263 e. The van der Waals surface area contributed by atoms with Crippen molar-refractivity contribution in [2.24, 2.45) is 0 Å². The SMILES string of the molecule is CCn1c(S[C@H](C)C(=O)NCc2ccco2)nc2scc(-c3ccccc3)c2c1=O. The summed E-state index contributed by atoms with van der Waals surface area (Å²) in [6.45, 7) is 4.53. The van der Waals surface area contributed by atoms with E-state index in [9.17, 15) is 9.59 Å². The molecule has 4 rings (SSSR count). The van der Waals surface area contributed by atoms with Gasteiger partial charge in [-0.25, -0.2) is 4.98 Å². The summed E-state index contributed by atoms with van der Waals surface area (Å²) in [5, 5.41) is 5.61. The highest BCUT2D eigenvalue weighted by Crippen LogP contribution is 2.32. The Bertz CT molecular complexity index is 1210. The zero-order valence-corrected chi connectivity index (χ0v) is 18.3. The number of amides is 1. The Morgan fingerprint density at radius 2 is 2.07 bits per heavy atom. The summed E-state index contributed by atoms with van der Waals surface area (Å²) < 4.78 is 6.88. The Morgan fingerprint density at radius 3 is 2.77 bits per heavy atom. The van der Waals surface area contributed by atoms with E-state index < -0.39 is 5.25 Å². The van der Waals surface area contributed by atoms with E-state index >= 15 is 0 Å². The van der Waals surface area contributed by atoms with E-state index in [1.54, 1.807) is 16.9 Å². The van der Waals surface area contributed by atoms with Crippen molar-refractivity contribution in [3.63, 3.8) is 0 Å². The van der Waals surface area contributed by atoms with Gasteiger partial charge in [-0.2, -0.15) is 0 Å². The first kappa shape index (κ1) is 20.4. The lowest BCUT2D eigenvalue weighted by Crippen LogP contribution is -2.31. The molecule has 0 spiro atoms. The van der Waals surface area contributed by atoms with Crippen LogP contribution in [0.3, 0.4) is 0 Å². The van der Waals surface area contributed by atoms with E-state index in [0.29, 0.717) is 34.2 Å². The van der Waals surface area contributed by atoms with Crippen LogP contribution >= 0.6 is 23.1 Å². The number of nitrogens with one attached hydrogen (secondary N) is 1. The smallest absolute Gasteiger partial charge is 0.263 e. The molecule has 1 atom stereocenters. The lowest BCUT2D eigenvalue weighted by Gasteiger charge is -2.14. The van der Waals surface area contributed by atoms with E-state index in [-0.39, 0.29) is 11.5 Å². The third-order valence-corrected chi connectivity index (χ3v) is 6.69. The minimum atomic E-state index is -0.407. The minimum Gasteiger partial charge on any atom is -0.467 e. The van der Waals surface area contributed by atoms with Crippen molar-refractivity contribution >= 4 is 39.2 Å². The molecule has 1 amide bonds. The average molecular weight is 440 g/mol. The number of fused-ring (bicyclic) bond motifs is 1. The molecule has 0 aliphatic carbocycles. The van der Waals surface area contributed by atoms with Gasteiger partial charge in [0.05, 0.1) is 23.4 Å². The highest BCUT2D eigenvalue weighted by Gasteiger charge is 2.21. The summed E-state index contributed by atoms with van der Waals surface area (Å²) in [4.78, 5) is 31.2. The van der Waals surface area contributed by atoms with Crippen molar-refractivity contribution in [1.29, 1.82) is 0 Å². The molecular formula is C22H21N3O3S2. The molecule has 30 heavy (non-hydrogen) atoms. The molecule has 0 unspecified atom stereocenters. The van der Waals surface area contributed by atoms with Crippen LogP contribution in [0.1, 0.15) is 19.6 Å².